The average molecular weight is 220 g/mol. The lowest BCUT2D eigenvalue weighted by Crippen LogP contribution is -2.51. The van der Waals surface area contributed by atoms with Gasteiger partial charge in [0.25, 0.3) is 0 Å². The second kappa shape index (κ2) is 3.86. The van der Waals surface area contributed by atoms with Gasteiger partial charge < -0.3 is 10.2 Å². The number of aliphatic hydroxyl groups is 2. The van der Waals surface area contributed by atoms with E-state index >= 15 is 0 Å². The molecule has 2 rings (SSSR count). The fraction of sp³-hybridized carbons (Fsp3) is 0.571. The lowest BCUT2D eigenvalue weighted by atomic mass is 9.74. The van der Waals surface area contributed by atoms with Crippen molar-refractivity contribution in [2.45, 2.75) is 44.3 Å². The van der Waals surface area contributed by atoms with Crippen molar-refractivity contribution in [3.05, 3.63) is 35.9 Å². The van der Waals surface area contributed by atoms with Crippen LogP contribution in [0.5, 0.6) is 0 Å². The smallest absolute Gasteiger partial charge is 0.118 e. The standard InChI is InChI=1S/C14H20O2/c1-11(2)13(15)9-6-10-14(13,16)12-7-4-3-5-8-12/h3-5,7-8,11,15-16H,6,9-10H2,1-2H3. The molecule has 0 saturated heterocycles. The van der Waals surface area contributed by atoms with Crippen LogP contribution in [0.1, 0.15) is 38.7 Å². The summed E-state index contributed by atoms with van der Waals surface area (Å²) in [6.45, 7) is 3.94. The third-order valence-corrected chi connectivity index (χ3v) is 4.02. The molecule has 0 aliphatic heterocycles. The molecule has 0 aromatic heterocycles. The highest BCUT2D eigenvalue weighted by Gasteiger charge is 2.55. The average Bonchev–Trinajstić information content (AvgIpc) is 2.59. The van der Waals surface area contributed by atoms with Crippen molar-refractivity contribution in [3.8, 4) is 0 Å². The van der Waals surface area contributed by atoms with Gasteiger partial charge in [0.1, 0.15) is 5.60 Å². The van der Waals surface area contributed by atoms with E-state index in [1.165, 1.54) is 0 Å². The first kappa shape index (κ1) is 11.6. The van der Waals surface area contributed by atoms with Crippen LogP contribution in [0.15, 0.2) is 30.3 Å². The Morgan fingerprint density at radius 1 is 1.06 bits per heavy atom. The van der Waals surface area contributed by atoms with Crippen LogP contribution in [-0.4, -0.2) is 15.8 Å². The maximum absolute atomic E-state index is 10.8. The van der Waals surface area contributed by atoms with E-state index in [4.69, 9.17) is 0 Å². The summed E-state index contributed by atoms with van der Waals surface area (Å²) in [7, 11) is 0. The van der Waals surface area contributed by atoms with Gasteiger partial charge in [-0.3, -0.25) is 0 Å². The van der Waals surface area contributed by atoms with Crippen molar-refractivity contribution in [1.82, 2.24) is 0 Å². The summed E-state index contributed by atoms with van der Waals surface area (Å²) in [5, 5.41) is 21.5. The predicted octanol–water partition coefficient (Wildman–Crippen LogP) is 2.45. The van der Waals surface area contributed by atoms with Gasteiger partial charge in [0, 0.05) is 0 Å². The lowest BCUT2D eigenvalue weighted by molar-refractivity contribution is -0.161. The van der Waals surface area contributed by atoms with Crippen LogP contribution in [0.4, 0.5) is 0 Å². The molecule has 1 fully saturated rings. The van der Waals surface area contributed by atoms with Gasteiger partial charge >= 0.3 is 0 Å². The summed E-state index contributed by atoms with van der Waals surface area (Å²) in [4.78, 5) is 0. The van der Waals surface area contributed by atoms with Gasteiger partial charge in [0.15, 0.2) is 0 Å². The summed E-state index contributed by atoms with van der Waals surface area (Å²) in [5.41, 5.74) is -1.24. The molecule has 1 aromatic carbocycles. The van der Waals surface area contributed by atoms with Crippen molar-refractivity contribution in [2.24, 2.45) is 5.92 Å². The van der Waals surface area contributed by atoms with E-state index in [-0.39, 0.29) is 5.92 Å². The third-order valence-electron chi connectivity index (χ3n) is 4.02. The summed E-state index contributed by atoms with van der Waals surface area (Å²) in [5.74, 6) is 0.0557. The first-order valence-electron chi connectivity index (χ1n) is 6.01. The molecule has 2 heteroatoms. The van der Waals surface area contributed by atoms with Crippen LogP contribution in [0.2, 0.25) is 0 Å². The van der Waals surface area contributed by atoms with Crippen molar-refractivity contribution < 1.29 is 10.2 Å². The molecule has 2 N–H and O–H groups in total. The van der Waals surface area contributed by atoms with Crippen LogP contribution < -0.4 is 0 Å². The van der Waals surface area contributed by atoms with Crippen LogP contribution in [0.25, 0.3) is 0 Å². The van der Waals surface area contributed by atoms with Crippen molar-refractivity contribution >= 4 is 0 Å². The van der Waals surface area contributed by atoms with Crippen molar-refractivity contribution in [2.75, 3.05) is 0 Å². The molecule has 0 heterocycles. The monoisotopic (exact) mass is 220 g/mol. The number of benzene rings is 1. The molecule has 0 amide bonds. The highest BCUT2D eigenvalue weighted by Crippen LogP contribution is 2.50. The molecule has 0 bridgehead atoms. The molecular formula is C14H20O2. The molecule has 0 radical (unpaired) electrons. The van der Waals surface area contributed by atoms with E-state index < -0.39 is 11.2 Å². The van der Waals surface area contributed by atoms with Gasteiger partial charge in [-0.25, -0.2) is 0 Å². The summed E-state index contributed by atoms with van der Waals surface area (Å²) < 4.78 is 0. The second-order valence-corrected chi connectivity index (χ2v) is 5.16. The van der Waals surface area contributed by atoms with E-state index in [1.807, 2.05) is 44.2 Å². The molecule has 2 nitrogen and oxygen atoms in total. The highest BCUT2D eigenvalue weighted by molar-refractivity contribution is 5.28. The van der Waals surface area contributed by atoms with Crippen LogP contribution >= 0.6 is 0 Å². The van der Waals surface area contributed by atoms with Gasteiger partial charge in [-0.15, -0.1) is 0 Å². The Morgan fingerprint density at radius 2 is 1.69 bits per heavy atom. The van der Waals surface area contributed by atoms with Crippen LogP contribution in [0, 0.1) is 5.92 Å². The fourth-order valence-corrected chi connectivity index (χ4v) is 2.91. The maximum Gasteiger partial charge on any atom is 0.118 e. The Balaban J connectivity index is 2.45. The minimum atomic E-state index is -1.08. The zero-order valence-corrected chi connectivity index (χ0v) is 9.98. The zero-order valence-electron chi connectivity index (χ0n) is 9.98. The van der Waals surface area contributed by atoms with Crippen molar-refractivity contribution in [3.63, 3.8) is 0 Å². The maximum atomic E-state index is 10.8. The second-order valence-electron chi connectivity index (χ2n) is 5.16. The Hall–Kier alpha value is -0.860. The number of rotatable bonds is 2. The molecule has 1 aliphatic carbocycles. The normalized spacial score (nSPS) is 34.6. The van der Waals surface area contributed by atoms with Gasteiger partial charge in [-0.05, 0) is 30.7 Å². The summed E-state index contributed by atoms with van der Waals surface area (Å²) >= 11 is 0. The van der Waals surface area contributed by atoms with E-state index in [2.05, 4.69) is 0 Å². The minimum absolute atomic E-state index is 0.0557. The van der Waals surface area contributed by atoms with Crippen LogP contribution in [0.3, 0.4) is 0 Å². The predicted molar refractivity (Wildman–Crippen MR) is 64.0 cm³/mol. The molecule has 2 atom stereocenters. The Bertz CT molecular complexity index is 360. The molecule has 1 aromatic rings. The van der Waals surface area contributed by atoms with E-state index in [9.17, 15) is 10.2 Å². The highest BCUT2D eigenvalue weighted by atomic mass is 16.4. The fourth-order valence-electron chi connectivity index (χ4n) is 2.91. The largest absolute Gasteiger partial charge is 0.386 e. The Kier molecular flexibility index (Phi) is 2.81. The quantitative estimate of drug-likeness (QED) is 0.803. The van der Waals surface area contributed by atoms with Crippen LogP contribution in [-0.2, 0) is 5.60 Å². The Morgan fingerprint density at radius 3 is 2.25 bits per heavy atom. The number of hydrogen-bond acceptors (Lipinski definition) is 2. The topological polar surface area (TPSA) is 40.5 Å². The molecule has 2 unspecified atom stereocenters. The Labute approximate surface area is 96.9 Å². The SMILES string of the molecule is CC(C)C1(O)CCCC1(O)c1ccccc1. The van der Waals surface area contributed by atoms with Gasteiger partial charge in [-0.2, -0.15) is 0 Å². The lowest BCUT2D eigenvalue weighted by Gasteiger charge is -2.41. The van der Waals surface area contributed by atoms with Crippen molar-refractivity contribution in [1.29, 1.82) is 0 Å². The van der Waals surface area contributed by atoms with Gasteiger partial charge in [0.2, 0.25) is 0 Å². The number of hydrogen-bond donors (Lipinski definition) is 2. The molecule has 88 valence electrons. The molecular weight excluding hydrogens is 200 g/mol. The molecule has 0 spiro atoms. The van der Waals surface area contributed by atoms with E-state index in [0.29, 0.717) is 12.8 Å². The van der Waals surface area contributed by atoms with E-state index in [1.54, 1.807) is 0 Å². The van der Waals surface area contributed by atoms with Gasteiger partial charge in [0.05, 0.1) is 5.60 Å². The molecule has 1 aliphatic rings. The first-order valence-corrected chi connectivity index (χ1v) is 6.01. The molecule has 1 saturated carbocycles. The summed E-state index contributed by atoms with van der Waals surface area (Å²) in [6.07, 6.45) is 2.20. The third kappa shape index (κ3) is 1.48. The summed E-state index contributed by atoms with van der Waals surface area (Å²) in [6, 6.07) is 9.55. The first-order chi connectivity index (χ1) is 7.51. The minimum Gasteiger partial charge on any atom is -0.386 e. The molecule has 16 heavy (non-hydrogen) atoms. The van der Waals surface area contributed by atoms with Gasteiger partial charge in [-0.1, -0.05) is 44.2 Å². The zero-order chi connectivity index (χ0) is 11.8. The van der Waals surface area contributed by atoms with E-state index in [0.717, 1.165) is 12.0 Å².